The van der Waals surface area contributed by atoms with Crippen LogP contribution in [0.15, 0.2) is 22.8 Å². The highest BCUT2D eigenvalue weighted by atomic mass is 32.2. The number of rotatable bonds is 3. The molecule has 0 aromatic carbocycles. The second-order valence-corrected chi connectivity index (χ2v) is 13.8. The van der Waals surface area contributed by atoms with Crippen LogP contribution >= 0.6 is 11.8 Å². The maximum Gasteiger partial charge on any atom is 0.0594 e. The molecule has 3 unspecified atom stereocenters. The predicted molar refractivity (Wildman–Crippen MR) is 133 cm³/mol. The topological polar surface area (TPSA) is 23.5 Å². The van der Waals surface area contributed by atoms with E-state index in [0.29, 0.717) is 16.7 Å². The first-order valence-corrected chi connectivity index (χ1v) is 14.2. The molecule has 0 amide bonds. The molecule has 174 valence electrons. The minimum absolute atomic E-state index is 0.0418. The standard InChI is InChI=1S/C28H45NOS/c1-19(18-29-14-16-31-17-15-29)21-7-8-22-20-6-9-24-26(2,3)25(30)11-13-28(24,5)23(20)10-12-27(21,22)4/h8,19,21,24-25,30H,6-7,9-18H2,1-5H3/t19-,21-,24+,25?,27?,28?/m1/s1. The van der Waals surface area contributed by atoms with Gasteiger partial charge in [-0.25, -0.2) is 0 Å². The highest BCUT2D eigenvalue weighted by molar-refractivity contribution is 7.99. The van der Waals surface area contributed by atoms with Crippen LogP contribution in [0.3, 0.4) is 0 Å². The first kappa shape index (κ1) is 22.5. The number of aliphatic hydroxyl groups excluding tert-OH is 1. The molecule has 0 spiro atoms. The SMILES string of the molecule is C[C@H](CN1CCSCC1)[C@H]1CC=C2C3=C(CCC21C)C1(C)CCC(O)C(C)(C)[C@@H]1CC3. The van der Waals surface area contributed by atoms with Gasteiger partial charge < -0.3 is 10.0 Å². The van der Waals surface area contributed by atoms with E-state index in [-0.39, 0.29) is 11.5 Å². The number of allylic oxidation sites excluding steroid dienone is 4. The molecule has 1 N–H and O–H groups in total. The average Bonchev–Trinajstić information content (AvgIpc) is 3.09. The zero-order valence-electron chi connectivity index (χ0n) is 20.7. The van der Waals surface area contributed by atoms with Gasteiger partial charge in [-0.15, -0.1) is 0 Å². The van der Waals surface area contributed by atoms with Crippen molar-refractivity contribution in [1.82, 2.24) is 4.90 Å². The fraction of sp³-hybridized carbons (Fsp3) is 0.857. The second kappa shape index (κ2) is 7.91. The molecule has 3 heteroatoms. The Labute approximate surface area is 195 Å². The van der Waals surface area contributed by atoms with Crippen LogP contribution in [0.5, 0.6) is 0 Å². The molecule has 1 saturated carbocycles. The van der Waals surface area contributed by atoms with Crippen molar-refractivity contribution in [2.75, 3.05) is 31.1 Å². The lowest BCUT2D eigenvalue weighted by molar-refractivity contribution is -0.0905. The summed E-state index contributed by atoms with van der Waals surface area (Å²) in [6.45, 7) is 16.3. The number of thioether (sulfide) groups is 1. The Morgan fingerprint density at radius 1 is 1.06 bits per heavy atom. The number of hydrogen-bond acceptors (Lipinski definition) is 3. The Bertz CT molecular complexity index is 778. The molecule has 5 aliphatic rings. The Hall–Kier alpha value is -0.250. The molecule has 0 aromatic rings. The summed E-state index contributed by atoms with van der Waals surface area (Å²) in [5.41, 5.74) is 6.05. The van der Waals surface area contributed by atoms with Crippen LogP contribution in [0.1, 0.15) is 79.6 Å². The summed E-state index contributed by atoms with van der Waals surface area (Å²) >= 11 is 2.12. The van der Waals surface area contributed by atoms with Gasteiger partial charge in [0.05, 0.1) is 6.10 Å². The molecule has 0 radical (unpaired) electrons. The van der Waals surface area contributed by atoms with Gasteiger partial charge in [0.1, 0.15) is 0 Å². The molecule has 2 fully saturated rings. The van der Waals surface area contributed by atoms with Gasteiger partial charge in [-0.05, 0) is 90.1 Å². The lowest BCUT2D eigenvalue weighted by atomic mass is 9.46. The van der Waals surface area contributed by atoms with E-state index in [4.69, 9.17) is 0 Å². The maximum atomic E-state index is 10.8. The third-order valence-corrected chi connectivity index (χ3v) is 11.7. The Morgan fingerprint density at radius 3 is 2.55 bits per heavy atom. The number of nitrogens with zero attached hydrogens (tertiary/aromatic N) is 1. The van der Waals surface area contributed by atoms with Crippen LogP contribution < -0.4 is 0 Å². The van der Waals surface area contributed by atoms with Crippen LogP contribution in [0.4, 0.5) is 0 Å². The fourth-order valence-corrected chi connectivity index (χ4v) is 9.87. The number of hydrogen-bond donors (Lipinski definition) is 1. The van der Waals surface area contributed by atoms with Crippen molar-refractivity contribution in [1.29, 1.82) is 0 Å². The third-order valence-electron chi connectivity index (χ3n) is 10.8. The van der Waals surface area contributed by atoms with Crippen LogP contribution in [0.25, 0.3) is 0 Å². The van der Waals surface area contributed by atoms with Gasteiger partial charge in [-0.3, -0.25) is 0 Å². The zero-order valence-corrected chi connectivity index (χ0v) is 21.5. The molecule has 0 bridgehead atoms. The average molecular weight is 444 g/mol. The predicted octanol–water partition coefficient (Wildman–Crippen LogP) is 6.31. The molecule has 5 rings (SSSR count). The largest absolute Gasteiger partial charge is 0.393 e. The van der Waals surface area contributed by atoms with Crippen molar-refractivity contribution in [3.8, 4) is 0 Å². The Balaban J connectivity index is 1.40. The van der Waals surface area contributed by atoms with E-state index in [1.54, 1.807) is 16.7 Å². The minimum atomic E-state index is -0.134. The van der Waals surface area contributed by atoms with E-state index in [0.717, 1.165) is 18.3 Å². The fourth-order valence-electron chi connectivity index (χ4n) is 8.89. The normalized spacial score (nSPS) is 43.7. The summed E-state index contributed by atoms with van der Waals surface area (Å²) in [5, 5.41) is 10.8. The molecule has 1 heterocycles. The van der Waals surface area contributed by atoms with Crippen molar-refractivity contribution < 1.29 is 5.11 Å². The van der Waals surface area contributed by atoms with E-state index >= 15 is 0 Å². The molecular formula is C28H45NOS. The summed E-state index contributed by atoms with van der Waals surface area (Å²) in [4.78, 5) is 2.73. The number of fused-ring (bicyclic) bond motifs is 4. The zero-order chi connectivity index (χ0) is 22.0. The Morgan fingerprint density at radius 2 is 1.81 bits per heavy atom. The maximum absolute atomic E-state index is 10.8. The first-order chi connectivity index (χ1) is 14.7. The monoisotopic (exact) mass is 443 g/mol. The third kappa shape index (κ3) is 3.43. The Kier molecular flexibility index (Phi) is 5.75. The minimum Gasteiger partial charge on any atom is -0.393 e. The molecule has 4 aliphatic carbocycles. The lowest BCUT2D eigenvalue weighted by Gasteiger charge is -2.59. The molecule has 2 nitrogen and oxygen atoms in total. The van der Waals surface area contributed by atoms with Crippen molar-refractivity contribution >= 4 is 11.8 Å². The second-order valence-electron chi connectivity index (χ2n) is 12.6. The van der Waals surface area contributed by atoms with Gasteiger partial charge in [-0.1, -0.05) is 46.3 Å². The van der Waals surface area contributed by atoms with Crippen molar-refractivity contribution in [3.63, 3.8) is 0 Å². The van der Waals surface area contributed by atoms with Crippen molar-refractivity contribution in [2.24, 2.45) is 34.0 Å². The van der Waals surface area contributed by atoms with Crippen LogP contribution in [0, 0.1) is 34.0 Å². The van der Waals surface area contributed by atoms with E-state index in [1.807, 2.05) is 0 Å². The van der Waals surface area contributed by atoms with E-state index in [2.05, 4.69) is 57.4 Å². The molecular weight excluding hydrogens is 398 g/mol. The summed E-state index contributed by atoms with van der Waals surface area (Å²) < 4.78 is 0. The van der Waals surface area contributed by atoms with Crippen LogP contribution in [-0.4, -0.2) is 47.3 Å². The summed E-state index contributed by atoms with van der Waals surface area (Å²) in [5.74, 6) is 4.85. The smallest absolute Gasteiger partial charge is 0.0594 e. The van der Waals surface area contributed by atoms with Gasteiger partial charge in [-0.2, -0.15) is 11.8 Å². The quantitative estimate of drug-likeness (QED) is 0.553. The van der Waals surface area contributed by atoms with Crippen molar-refractivity contribution in [3.05, 3.63) is 22.8 Å². The van der Waals surface area contributed by atoms with E-state index in [9.17, 15) is 5.11 Å². The summed E-state index contributed by atoms with van der Waals surface area (Å²) in [7, 11) is 0. The highest BCUT2D eigenvalue weighted by Crippen LogP contribution is 2.66. The first-order valence-electron chi connectivity index (χ1n) is 13.1. The van der Waals surface area contributed by atoms with Gasteiger partial charge in [0.15, 0.2) is 0 Å². The molecule has 1 aliphatic heterocycles. The van der Waals surface area contributed by atoms with Crippen molar-refractivity contribution in [2.45, 2.75) is 85.7 Å². The van der Waals surface area contributed by atoms with E-state index < -0.39 is 0 Å². The number of aliphatic hydroxyl groups is 1. The lowest BCUT2D eigenvalue weighted by Crippen LogP contribution is -2.53. The van der Waals surface area contributed by atoms with Crippen LogP contribution in [-0.2, 0) is 0 Å². The molecule has 31 heavy (non-hydrogen) atoms. The van der Waals surface area contributed by atoms with Gasteiger partial charge >= 0.3 is 0 Å². The summed E-state index contributed by atoms with van der Waals surface area (Å²) in [6.07, 6.45) is 11.1. The van der Waals surface area contributed by atoms with Gasteiger partial charge in [0, 0.05) is 31.1 Å². The highest BCUT2D eigenvalue weighted by Gasteiger charge is 2.57. The summed E-state index contributed by atoms with van der Waals surface area (Å²) in [6, 6.07) is 0. The molecule has 6 atom stereocenters. The van der Waals surface area contributed by atoms with E-state index in [1.165, 1.54) is 69.7 Å². The van der Waals surface area contributed by atoms with Gasteiger partial charge in [0.25, 0.3) is 0 Å². The van der Waals surface area contributed by atoms with Crippen LogP contribution in [0.2, 0.25) is 0 Å². The van der Waals surface area contributed by atoms with Gasteiger partial charge in [0.2, 0.25) is 0 Å². The molecule has 1 saturated heterocycles. The molecule has 0 aromatic heterocycles.